The Labute approximate surface area is 194 Å². The maximum atomic E-state index is 5.67. The summed E-state index contributed by atoms with van der Waals surface area (Å²) < 4.78 is 7.98. The fourth-order valence-electron chi connectivity index (χ4n) is 4.88. The summed E-state index contributed by atoms with van der Waals surface area (Å²) in [6, 6.07) is 6.07. The molecule has 1 saturated carbocycles. The van der Waals surface area contributed by atoms with E-state index in [4.69, 9.17) is 14.7 Å². The molecule has 0 atom stereocenters. The molecule has 168 valence electrons. The molecule has 0 bridgehead atoms. The topological polar surface area (TPSA) is 64.9 Å². The van der Waals surface area contributed by atoms with E-state index in [-0.39, 0.29) is 0 Å². The van der Waals surface area contributed by atoms with Crippen LogP contribution in [-0.2, 0) is 6.42 Å². The molecule has 1 aliphatic carbocycles. The fourth-order valence-corrected chi connectivity index (χ4v) is 6.63. The Morgan fingerprint density at radius 3 is 2.66 bits per heavy atom. The Balaban J connectivity index is 1.45. The van der Waals surface area contributed by atoms with E-state index in [1.807, 2.05) is 35.9 Å². The van der Waals surface area contributed by atoms with Crippen molar-refractivity contribution < 1.29 is 4.74 Å². The maximum absolute atomic E-state index is 5.67. The first kappa shape index (κ1) is 21.3. The van der Waals surface area contributed by atoms with Gasteiger partial charge in [0.15, 0.2) is 0 Å². The van der Waals surface area contributed by atoms with Gasteiger partial charge in [0.1, 0.15) is 5.75 Å². The summed E-state index contributed by atoms with van der Waals surface area (Å²) in [5.74, 6) is 1.81. The molecule has 0 saturated heterocycles. The zero-order valence-electron chi connectivity index (χ0n) is 19.3. The lowest BCUT2D eigenvalue weighted by molar-refractivity contribution is 0.398. The number of benzene rings is 1. The van der Waals surface area contributed by atoms with Crippen LogP contribution >= 0.6 is 11.8 Å². The quantitative estimate of drug-likeness (QED) is 0.500. The Bertz CT molecular complexity index is 1130. The predicted molar refractivity (Wildman–Crippen MR) is 130 cm³/mol. The monoisotopic (exact) mass is 449 g/mol. The van der Waals surface area contributed by atoms with Crippen molar-refractivity contribution in [3.63, 3.8) is 0 Å². The van der Waals surface area contributed by atoms with Crippen molar-refractivity contribution in [3.05, 3.63) is 47.8 Å². The summed E-state index contributed by atoms with van der Waals surface area (Å²) in [7, 11) is 1.69. The van der Waals surface area contributed by atoms with Crippen LogP contribution in [0.5, 0.6) is 5.75 Å². The lowest BCUT2D eigenvalue weighted by Gasteiger charge is -2.31. The normalized spacial score (nSPS) is 17.0. The van der Waals surface area contributed by atoms with Crippen LogP contribution in [0.4, 0.5) is 11.6 Å². The van der Waals surface area contributed by atoms with Gasteiger partial charge < -0.3 is 14.6 Å². The maximum Gasteiger partial charge on any atom is 0.227 e. The number of anilines is 2. The van der Waals surface area contributed by atoms with E-state index in [0.717, 1.165) is 29.2 Å². The summed E-state index contributed by atoms with van der Waals surface area (Å²) in [6.45, 7) is 6.43. The van der Waals surface area contributed by atoms with Crippen LogP contribution in [0.2, 0.25) is 0 Å². The van der Waals surface area contributed by atoms with Crippen LogP contribution < -0.4 is 10.1 Å². The molecule has 32 heavy (non-hydrogen) atoms. The molecular weight excluding hydrogens is 418 g/mol. The first-order valence-corrected chi connectivity index (χ1v) is 12.3. The molecule has 7 heteroatoms. The zero-order chi connectivity index (χ0) is 22.3. The van der Waals surface area contributed by atoms with Crippen molar-refractivity contribution >= 4 is 23.4 Å². The molecule has 6 nitrogen and oxygen atoms in total. The van der Waals surface area contributed by atoms with Crippen molar-refractivity contribution in [1.82, 2.24) is 19.5 Å². The van der Waals surface area contributed by atoms with E-state index in [1.54, 1.807) is 13.4 Å². The zero-order valence-corrected chi connectivity index (χ0v) is 20.1. The number of thioether (sulfide) groups is 1. The van der Waals surface area contributed by atoms with E-state index in [9.17, 15) is 0 Å². The smallest absolute Gasteiger partial charge is 0.227 e. The van der Waals surface area contributed by atoms with Gasteiger partial charge in [0.2, 0.25) is 5.95 Å². The average Bonchev–Trinajstić information content (AvgIpc) is 3.36. The highest BCUT2D eigenvalue weighted by atomic mass is 32.2. The number of nitrogens with zero attached hydrogens (tertiary/aromatic N) is 4. The highest BCUT2D eigenvalue weighted by molar-refractivity contribution is 8.01. The molecule has 1 spiro atoms. The predicted octanol–water partition coefficient (Wildman–Crippen LogP) is 6.20. The molecule has 2 aromatic heterocycles. The van der Waals surface area contributed by atoms with E-state index >= 15 is 0 Å². The van der Waals surface area contributed by atoms with Crippen LogP contribution in [0.3, 0.4) is 0 Å². The van der Waals surface area contributed by atoms with Gasteiger partial charge in [-0.3, -0.25) is 0 Å². The van der Waals surface area contributed by atoms with Crippen molar-refractivity contribution in [3.8, 4) is 11.4 Å². The summed E-state index contributed by atoms with van der Waals surface area (Å²) >= 11 is 2.06. The molecule has 5 rings (SSSR count). The van der Waals surface area contributed by atoms with Gasteiger partial charge in [0.05, 0.1) is 41.1 Å². The molecule has 3 heterocycles. The van der Waals surface area contributed by atoms with Crippen LogP contribution in [0.25, 0.3) is 5.69 Å². The molecule has 2 aliphatic rings. The number of hydrogen-bond acceptors (Lipinski definition) is 6. The van der Waals surface area contributed by atoms with Gasteiger partial charge in [-0.1, -0.05) is 33.1 Å². The lowest BCUT2D eigenvalue weighted by Crippen LogP contribution is -2.26. The summed E-state index contributed by atoms with van der Waals surface area (Å²) in [5, 5.41) is 3.44. The highest BCUT2D eigenvalue weighted by Crippen LogP contribution is 2.53. The number of aromatic nitrogens is 4. The molecular formula is C25H31N5OS. The van der Waals surface area contributed by atoms with Gasteiger partial charge in [-0.25, -0.2) is 15.0 Å². The minimum atomic E-state index is 0.339. The summed E-state index contributed by atoms with van der Waals surface area (Å²) in [4.78, 5) is 15.6. The third-order valence-electron chi connectivity index (χ3n) is 6.51. The second kappa shape index (κ2) is 8.43. The third kappa shape index (κ3) is 3.98. The largest absolute Gasteiger partial charge is 0.494 e. The molecule has 1 N–H and O–H groups in total. The Morgan fingerprint density at radius 2 is 1.97 bits per heavy atom. The molecule has 1 fully saturated rings. The van der Waals surface area contributed by atoms with Crippen molar-refractivity contribution in [1.29, 1.82) is 0 Å². The van der Waals surface area contributed by atoms with Gasteiger partial charge in [-0.05, 0) is 37.8 Å². The number of imidazole rings is 1. The Morgan fingerprint density at radius 1 is 1.16 bits per heavy atom. The van der Waals surface area contributed by atoms with Gasteiger partial charge in [-0.2, -0.15) is 0 Å². The second-order valence-electron chi connectivity index (χ2n) is 9.32. The van der Waals surface area contributed by atoms with Crippen LogP contribution in [0.1, 0.15) is 69.0 Å². The fraction of sp³-hybridized carbons (Fsp3) is 0.480. The number of rotatable bonds is 5. The summed E-state index contributed by atoms with van der Waals surface area (Å²) in [6.07, 6.45) is 11.5. The van der Waals surface area contributed by atoms with Gasteiger partial charge >= 0.3 is 0 Å². The summed E-state index contributed by atoms with van der Waals surface area (Å²) in [5.41, 5.74) is 5.22. The number of hydrogen-bond donors (Lipinski definition) is 1. The first-order chi connectivity index (χ1) is 15.5. The molecule has 1 aliphatic heterocycles. The molecule has 1 aromatic carbocycles. The lowest BCUT2D eigenvalue weighted by atomic mass is 9.85. The van der Waals surface area contributed by atoms with Gasteiger partial charge in [0.25, 0.3) is 0 Å². The average molecular weight is 450 g/mol. The molecule has 0 radical (unpaired) electrons. The van der Waals surface area contributed by atoms with Crippen molar-refractivity contribution in [2.24, 2.45) is 0 Å². The SMILES string of the molecule is COc1cc(Nc2nc3c(c(C(C)C)n2)SC2(CCCCC2)C3)ccc1-n1cnc(C)c1. The van der Waals surface area contributed by atoms with Gasteiger partial charge in [0, 0.05) is 29.1 Å². The number of aryl methyl sites for hydroxylation is 1. The van der Waals surface area contributed by atoms with E-state index < -0.39 is 0 Å². The number of nitrogens with one attached hydrogen (secondary N) is 1. The van der Waals surface area contributed by atoms with Crippen LogP contribution in [0.15, 0.2) is 35.6 Å². The number of ether oxygens (including phenoxy) is 1. The molecule has 0 unspecified atom stereocenters. The van der Waals surface area contributed by atoms with Crippen LogP contribution in [0, 0.1) is 6.92 Å². The minimum absolute atomic E-state index is 0.339. The third-order valence-corrected chi connectivity index (χ3v) is 8.14. The molecule has 3 aromatic rings. The highest BCUT2D eigenvalue weighted by Gasteiger charge is 2.42. The van der Waals surface area contributed by atoms with E-state index in [2.05, 4.69) is 35.9 Å². The Kier molecular flexibility index (Phi) is 5.61. The van der Waals surface area contributed by atoms with Gasteiger partial charge in [-0.15, -0.1) is 11.8 Å². The van der Waals surface area contributed by atoms with E-state index in [0.29, 0.717) is 16.6 Å². The first-order valence-electron chi connectivity index (χ1n) is 11.5. The Hall–Kier alpha value is -2.54. The van der Waals surface area contributed by atoms with Crippen molar-refractivity contribution in [2.45, 2.75) is 74.9 Å². The van der Waals surface area contributed by atoms with E-state index in [1.165, 1.54) is 48.4 Å². The minimum Gasteiger partial charge on any atom is -0.494 e. The standard InChI is InChI=1S/C25H31N5OS/c1-16(2)22-23-19(13-25(32-23)10-6-5-7-11-25)28-24(29-22)27-18-8-9-20(21(12-18)31-4)30-14-17(3)26-15-30/h8-9,12,14-16H,5-7,10-11,13H2,1-4H3,(H,27,28,29). The molecule has 0 amide bonds. The second-order valence-corrected chi connectivity index (χ2v) is 10.8. The number of methoxy groups -OCH3 is 1. The van der Waals surface area contributed by atoms with Crippen molar-refractivity contribution in [2.75, 3.05) is 12.4 Å². The number of fused-ring (bicyclic) bond motifs is 1. The van der Waals surface area contributed by atoms with Crippen LogP contribution in [-0.4, -0.2) is 31.4 Å².